The van der Waals surface area contributed by atoms with Crippen molar-refractivity contribution >= 4 is 17.3 Å². The van der Waals surface area contributed by atoms with Gasteiger partial charge in [-0.05, 0) is 13.8 Å². The predicted molar refractivity (Wildman–Crippen MR) is 64.8 cm³/mol. The minimum atomic E-state index is -1.15. The number of aryl methyl sites for hydroxylation is 2. The normalized spacial score (nSPS) is 10.8. The quantitative estimate of drug-likeness (QED) is 0.915. The summed E-state index contributed by atoms with van der Waals surface area (Å²) in [5, 5.41) is 9.91. The molecule has 18 heavy (non-hydrogen) atoms. The molecule has 0 bridgehead atoms. The molecule has 2 aromatic heterocycles. The number of oxazole rings is 1. The van der Waals surface area contributed by atoms with Gasteiger partial charge in [-0.1, -0.05) is 0 Å². The van der Waals surface area contributed by atoms with E-state index in [0.29, 0.717) is 0 Å². The van der Waals surface area contributed by atoms with Crippen molar-refractivity contribution < 1.29 is 19.1 Å². The highest BCUT2D eigenvalue weighted by Crippen LogP contribution is 2.30. The predicted octanol–water partition coefficient (Wildman–Crippen LogP) is 2.26. The average Bonchev–Trinajstić information content (AvgIpc) is 2.83. The van der Waals surface area contributed by atoms with Gasteiger partial charge < -0.3 is 14.3 Å². The summed E-state index contributed by atoms with van der Waals surface area (Å²) in [7, 11) is 1.47. The summed E-state index contributed by atoms with van der Waals surface area (Å²) in [6.07, 6.45) is 0. The lowest BCUT2D eigenvalue weighted by molar-refractivity contribution is 0.0656. The summed E-state index contributed by atoms with van der Waals surface area (Å²) >= 11 is 1.42. The number of rotatable bonds is 4. The zero-order chi connectivity index (χ0) is 13.3. The van der Waals surface area contributed by atoms with Gasteiger partial charge in [-0.3, -0.25) is 0 Å². The third-order valence-electron chi connectivity index (χ3n) is 2.27. The number of carbonyl (C=O) groups is 1. The molecule has 0 saturated heterocycles. The van der Waals surface area contributed by atoms with E-state index in [1.807, 2.05) is 13.8 Å². The molecule has 0 saturated carbocycles. The van der Waals surface area contributed by atoms with Gasteiger partial charge in [-0.2, -0.15) is 0 Å². The van der Waals surface area contributed by atoms with Crippen LogP contribution in [0, 0.1) is 13.8 Å². The highest BCUT2D eigenvalue weighted by Gasteiger charge is 2.22. The molecule has 0 spiro atoms. The molecule has 0 radical (unpaired) electrons. The first-order chi connectivity index (χ1) is 8.52. The molecular formula is C11H12N2O4S. The van der Waals surface area contributed by atoms with E-state index in [1.165, 1.54) is 18.4 Å². The first-order valence-corrected chi connectivity index (χ1v) is 6.01. The molecule has 2 heterocycles. The maximum atomic E-state index is 11.0. The number of nitrogens with zero attached hydrogens (tertiary/aromatic N) is 2. The summed E-state index contributed by atoms with van der Waals surface area (Å²) in [5.74, 6) is -1.06. The zero-order valence-corrected chi connectivity index (χ0v) is 11.0. The van der Waals surface area contributed by atoms with E-state index in [1.54, 1.807) is 0 Å². The Bertz CT molecular complexity index is 588. The molecule has 1 N–H and O–H groups in total. The molecule has 7 heteroatoms. The molecule has 6 nitrogen and oxygen atoms in total. The van der Waals surface area contributed by atoms with E-state index in [0.717, 1.165) is 15.6 Å². The molecule has 0 aliphatic rings. The van der Waals surface area contributed by atoms with Gasteiger partial charge in [-0.15, -0.1) is 11.3 Å². The summed E-state index contributed by atoms with van der Waals surface area (Å²) < 4.78 is 10.2. The van der Waals surface area contributed by atoms with Crippen molar-refractivity contribution in [2.75, 3.05) is 7.11 Å². The van der Waals surface area contributed by atoms with Gasteiger partial charge in [0.2, 0.25) is 11.7 Å². The van der Waals surface area contributed by atoms with Crippen molar-refractivity contribution in [1.82, 2.24) is 9.97 Å². The third-order valence-corrected chi connectivity index (χ3v) is 3.33. The Hall–Kier alpha value is -1.73. The lowest BCUT2D eigenvalue weighted by Gasteiger charge is -1.92. The molecule has 0 aliphatic carbocycles. The van der Waals surface area contributed by atoms with Gasteiger partial charge in [-0.25, -0.2) is 14.8 Å². The SMILES string of the molecule is COCc1nc(-c2sc(C)nc2C)oc1C(=O)O. The molecule has 0 aliphatic heterocycles. The van der Waals surface area contributed by atoms with E-state index in [2.05, 4.69) is 9.97 Å². The molecule has 2 rings (SSSR count). The Balaban J connectivity index is 2.49. The van der Waals surface area contributed by atoms with Crippen LogP contribution < -0.4 is 0 Å². The number of methoxy groups -OCH3 is 1. The van der Waals surface area contributed by atoms with Crippen molar-refractivity contribution in [2.45, 2.75) is 20.5 Å². The van der Waals surface area contributed by atoms with Crippen LogP contribution in [0.2, 0.25) is 0 Å². The Labute approximate surface area is 107 Å². The summed E-state index contributed by atoms with van der Waals surface area (Å²) in [5.41, 5.74) is 1.06. The van der Waals surface area contributed by atoms with Crippen LogP contribution in [-0.4, -0.2) is 28.2 Å². The number of carboxylic acids is 1. The van der Waals surface area contributed by atoms with Gasteiger partial charge in [0.1, 0.15) is 10.6 Å². The van der Waals surface area contributed by atoms with Crippen LogP contribution >= 0.6 is 11.3 Å². The number of hydrogen-bond donors (Lipinski definition) is 1. The number of aromatic carboxylic acids is 1. The first-order valence-electron chi connectivity index (χ1n) is 5.19. The number of carboxylic acid groups (broad SMARTS) is 1. The highest BCUT2D eigenvalue weighted by molar-refractivity contribution is 7.15. The summed E-state index contributed by atoms with van der Waals surface area (Å²) in [6.45, 7) is 3.81. The van der Waals surface area contributed by atoms with Crippen LogP contribution in [0.25, 0.3) is 10.8 Å². The van der Waals surface area contributed by atoms with Crippen LogP contribution in [0.15, 0.2) is 4.42 Å². The van der Waals surface area contributed by atoms with Crippen LogP contribution in [0.1, 0.15) is 27.0 Å². The fraction of sp³-hybridized carbons (Fsp3) is 0.364. The fourth-order valence-corrected chi connectivity index (χ4v) is 2.43. The van der Waals surface area contributed by atoms with E-state index in [9.17, 15) is 4.79 Å². The first kappa shape index (κ1) is 12.7. The summed E-state index contributed by atoms with van der Waals surface area (Å²) in [6, 6.07) is 0. The molecule has 0 aromatic carbocycles. The smallest absolute Gasteiger partial charge is 0.373 e. The maximum absolute atomic E-state index is 11.0. The number of thiazole rings is 1. The minimum Gasteiger partial charge on any atom is -0.475 e. The lowest BCUT2D eigenvalue weighted by Crippen LogP contribution is -2.00. The van der Waals surface area contributed by atoms with E-state index in [-0.39, 0.29) is 24.0 Å². The van der Waals surface area contributed by atoms with Crippen LogP contribution in [0.5, 0.6) is 0 Å². The van der Waals surface area contributed by atoms with Gasteiger partial charge in [0.15, 0.2) is 0 Å². The van der Waals surface area contributed by atoms with Crippen molar-refractivity contribution in [1.29, 1.82) is 0 Å². The molecular weight excluding hydrogens is 256 g/mol. The van der Waals surface area contributed by atoms with Crippen LogP contribution in [-0.2, 0) is 11.3 Å². The minimum absolute atomic E-state index is 0.0992. The van der Waals surface area contributed by atoms with Gasteiger partial charge >= 0.3 is 5.97 Å². The largest absolute Gasteiger partial charge is 0.475 e. The average molecular weight is 268 g/mol. The number of aromatic nitrogens is 2. The topological polar surface area (TPSA) is 85.5 Å². The maximum Gasteiger partial charge on any atom is 0.373 e. The molecule has 2 aromatic rings. The van der Waals surface area contributed by atoms with E-state index < -0.39 is 5.97 Å². The number of hydrogen-bond acceptors (Lipinski definition) is 6. The Morgan fingerprint density at radius 1 is 1.44 bits per heavy atom. The van der Waals surface area contributed by atoms with Gasteiger partial charge in [0, 0.05) is 7.11 Å². The molecule has 0 unspecified atom stereocenters. The fourth-order valence-electron chi connectivity index (χ4n) is 1.58. The van der Waals surface area contributed by atoms with Crippen LogP contribution in [0.3, 0.4) is 0 Å². The second-order valence-corrected chi connectivity index (χ2v) is 4.88. The monoisotopic (exact) mass is 268 g/mol. The molecule has 0 atom stereocenters. The summed E-state index contributed by atoms with van der Waals surface area (Å²) in [4.78, 5) is 20.2. The van der Waals surface area contributed by atoms with Crippen molar-refractivity contribution in [3.05, 3.63) is 22.2 Å². The highest BCUT2D eigenvalue weighted by atomic mass is 32.1. The van der Waals surface area contributed by atoms with Gasteiger partial charge in [0.05, 0.1) is 17.3 Å². The second kappa shape index (κ2) is 4.87. The van der Waals surface area contributed by atoms with Gasteiger partial charge in [0.25, 0.3) is 0 Å². The van der Waals surface area contributed by atoms with Crippen molar-refractivity contribution in [3.63, 3.8) is 0 Å². The zero-order valence-electron chi connectivity index (χ0n) is 10.2. The molecule has 0 fully saturated rings. The molecule has 0 amide bonds. The molecule has 96 valence electrons. The van der Waals surface area contributed by atoms with E-state index in [4.69, 9.17) is 14.3 Å². The number of ether oxygens (including phenoxy) is 1. The van der Waals surface area contributed by atoms with Crippen molar-refractivity contribution in [3.8, 4) is 10.8 Å². The Morgan fingerprint density at radius 3 is 2.67 bits per heavy atom. The van der Waals surface area contributed by atoms with Crippen LogP contribution in [0.4, 0.5) is 0 Å². The van der Waals surface area contributed by atoms with Crippen molar-refractivity contribution in [2.24, 2.45) is 0 Å². The standard InChI is InChI=1S/C11H12N2O4S/c1-5-9(18-6(2)12-5)10-13-7(4-16-3)8(17-10)11(14)15/h4H2,1-3H3,(H,14,15). The Morgan fingerprint density at radius 2 is 2.17 bits per heavy atom. The lowest BCUT2D eigenvalue weighted by atomic mass is 10.3. The Kier molecular flexibility index (Phi) is 3.44. The third kappa shape index (κ3) is 2.27. The second-order valence-electron chi connectivity index (χ2n) is 3.68. The van der Waals surface area contributed by atoms with E-state index >= 15 is 0 Å².